The monoisotopic (exact) mass is 831 g/mol. The predicted octanol–water partition coefficient (Wildman–Crippen LogP) is 15.6. The highest BCUT2D eigenvalue weighted by Crippen LogP contribution is 2.64. The zero-order valence-electron chi connectivity index (χ0n) is 40.8. The SMILES string of the molecule is CC(C)(C)C1=CC2=C3C(C1)C1=C(C=CC(C(C)(C)C)C1)N3C1CC=C(C(C)(C3=CC=CCC3)c3ccccc3)C3=C1B2C1CC(C(C)(C)C)=Cc2c1n3c1ccc(C(C)(C)C)cc21. The molecule has 0 saturated heterocycles. The van der Waals surface area contributed by atoms with Crippen LogP contribution in [-0.2, 0) is 10.8 Å². The summed E-state index contributed by atoms with van der Waals surface area (Å²) in [5, 5.41) is 1.43. The average Bonchev–Trinajstić information content (AvgIpc) is 3.75. The Bertz CT molecular complexity index is 2790. The van der Waals surface area contributed by atoms with E-state index in [0.717, 1.165) is 38.5 Å². The minimum Gasteiger partial charge on any atom is -0.338 e. The van der Waals surface area contributed by atoms with Gasteiger partial charge in [0.15, 0.2) is 0 Å². The van der Waals surface area contributed by atoms with Gasteiger partial charge in [0.2, 0.25) is 6.71 Å². The Morgan fingerprint density at radius 3 is 2.13 bits per heavy atom. The molecule has 3 heteroatoms. The second kappa shape index (κ2) is 13.5. The highest BCUT2D eigenvalue weighted by Gasteiger charge is 2.59. The van der Waals surface area contributed by atoms with Crippen LogP contribution in [0.3, 0.4) is 0 Å². The summed E-state index contributed by atoms with van der Waals surface area (Å²) in [5.74, 6) is 1.33. The van der Waals surface area contributed by atoms with Crippen molar-refractivity contribution < 1.29 is 0 Å². The van der Waals surface area contributed by atoms with E-state index in [-0.39, 0.29) is 33.1 Å². The molecule has 5 atom stereocenters. The van der Waals surface area contributed by atoms with E-state index in [9.17, 15) is 0 Å². The molecular weight excluding hydrogens is 759 g/mol. The summed E-state index contributed by atoms with van der Waals surface area (Å²) >= 11 is 0. The van der Waals surface area contributed by atoms with Crippen LogP contribution in [0.15, 0.2) is 141 Å². The third kappa shape index (κ3) is 5.95. The van der Waals surface area contributed by atoms with E-state index in [0.29, 0.717) is 24.4 Å². The Morgan fingerprint density at radius 1 is 0.730 bits per heavy atom. The Labute approximate surface area is 380 Å². The van der Waals surface area contributed by atoms with Crippen molar-refractivity contribution in [3.05, 3.63) is 164 Å². The zero-order valence-corrected chi connectivity index (χ0v) is 40.8. The van der Waals surface area contributed by atoms with Crippen LogP contribution in [0.2, 0.25) is 0 Å². The average molecular weight is 831 g/mol. The Balaban J connectivity index is 1.27. The summed E-state index contributed by atoms with van der Waals surface area (Å²) in [6.07, 6.45) is 27.1. The number of benzene rings is 2. The van der Waals surface area contributed by atoms with Crippen LogP contribution in [0.5, 0.6) is 0 Å². The van der Waals surface area contributed by atoms with Gasteiger partial charge in [-0.15, -0.1) is 0 Å². The highest BCUT2D eigenvalue weighted by molar-refractivity contribution is 6.78. The van der Waals surface area contributed by atoms with E-state index in [2.05, 4.69) is 197 Å². The summed E-state index contributed by atoms with van der Waals surface area (Å²) in [4.78, 5) is 2.95. The molecule has 2 aromatic carbocycles. The fourth-order valence-corrected chi connectivity index (χ4v) is 13.4. The van der Waals surface area contributed by atoms with Crippen LogP contribution in [0.4, 0.5) is 0 Å². The molecule has 8 aliphatic rings. The minimum absolute atomic E-state index is 0.0468. The molecular formula is C60H71BN2. The molecule has 3 aromatic rings. The van der Waals surface area contributed by atoms with Crippen LogP contribution in [0.1, 0.15) is 157 Å². The molecule has 0 radical (unpaired) electrons. The molecule has 63 heavy (non-hydrogen) atoms. The number of allylic oxidation sites excluding steroid dienone is 13. The third-order valence-electron chi connectivity index (χ3n) is 17.2. The molecule has 4 heterocycles. The van der Waals surface area contributed by atoms with Crippen molar-refractivity contribution in [3.63, 3.8) is 0 Å². The summed E-state index contributed by atoms with van der Waals surface area (Å²) in [5.41, 5.74) is 23.3. The number of hydrogen-bond acceptors (Lipinski definition) is 1. The summed E-state index contributed by atoms with van der Waals surface area (Å²) in [7, 11) is 0. The Hall–Kier alpha value is -4.50. The molecule has 0 bridgehead atoms. The normalized spacial score (nSPS) is 26.2. The van der Waals surface area contributed by atoms with E-state index in [4.69, 9.17) is 0 Å². The number of rotatable bonds is 3. The minimum atomic E-state index is -0.303. The highest BCUT2D eigenvalue weighted by atomic mass is 15.2. The van der Waals surface area contributed by atoms with Gasteiger partial charge in [-0.05, 0) is 125 Å². The largest absolute Gasteiger partial charge is 0.338 e. The first-order valence-electron chi connectivity index (χ1n) is 24.6. The first-order chi connectivity index (χ1) is 29.7. The number of aromatic nitrogens is 1. The van der Waals surface area contributed by atoms with E-state index in [1.54, 1.807) is 39.1 Å². The Kier molecular flexibility index (Phi) is 8.85. The summed E-state index contributed by atoms with van der Waals surface area (Å²) in [6, 6.07) is 19.4. The van der Waals surface area contributed by atoms with Crippen LogP contribution < -0.4 is 0 Å². The van der Waals surface area contributed by atoms with E-state index in [1.807, 2.05) is 0 Å². The maximum absolute atomic E-state index is 2.95. The molecule has 5 aliphatic carbocycles. The van der Waals surface area contributed by atoms with E-state index in [1.165, 1.54) is 50.1 Å². The topological polar surface area (TPSA) is 8.17 Å². The maximum Gasteiger partial charge on any atom is 0.221 e. The van der Waals surface area contributed by atoms with Crippen molar-refractivity contribution in [2.45, 2.75) is 151 Å². The third-order valence-corrected chi connectivity index (χ3v) is 17.2. The quantitative estimate of drug-likeness (QED) is 0.239. The van der Waals surface area contributed by atoms with Crippen LogP contribution in [0, 0.1) is 28.1 Å². The van der Waals surface area contributed by atoms with Gasteiger partial charge in [0.1, 0.15) is 0 Å². The van der Waals surface area contributed by atoms with Crippen molar-refractivity contribution in [1.82, 2.24) is 9.47 Å². The second-order valence-electron chi connectivity index (χ2n) is 25.0. The fourth-order valence-electron chi connectivity index (χ4n) is 13.4. The van der Waals surface area contributed by atoms with Gasteiger partial charge in [-0.25, -0.2) is 0 Å². The standard InChI is InChI=1S/C60H71BN2/c1-56(2,3)38-24-27-49-42(30-38)44-32-40(58(7,8)9)34-47-53(44)62(49)51-29-26-46(60(13,36-20-16-14-17-21-36)37-22-18-15-19-23-37)55-52(51)61(47)48-35-41(59(10,11)12)33-45-43-31-39(57(4,5)6)25-28-50(43)63(55)54(45)48/h14-18,20-22,24-28,31,33-34,38,44,48,51H,19,23,29-30,32,35H2,1-13H3. The maximum atomic E-state index is 2.95. The van der Waals surface area contributed by atoms with E-state index >= 15 is 0 Å². The number of hydrogen-bond donors (Lipinski definition) is 0. The molecule has 0 saturated carbocycles. The van der Waals surface area contributed by atoms with Crippen LogP contribution in [-0.4, -0.2) is 22.2 Å². The summed E-state index contributed by atoms with van der Waals surface area (Å²) < 4.78 is 2.87. The second-order valence-corrected chi connectivity index (χ2v) is 25.0. The zero-order chi connectivity index (χ0) is 44.3. The molecule has 11 rings (SSSR count). The number of fused-ring (bicyclic) bond motifs is 9. The van der Waals surface area contributed by atoms with Gasteiger partial charge in [0.25, 0.3) is 0 Å². The lowest BCUT2D eigenvalue weighted by Crippen LogP contribution is -2.53. The molecule has 3 aliphatic heterocycles. The molecule has 324 valence electrons. The molecule has 0 N–H and O–H groups in total. The molecule has 0 amide bonds. The van der Waals surface area contributed by atoms with Gasteiger partial charge in [-0.2, -0.15) is 0 Å². The molecule has 5 unspecified atom stereocenters. The van der Waals surface area contributed by atoms with Crippen molar-refractivity contribution in [3.8, 4) is 0 Å². The molecule has 0 spiro atoms. The lowest BCUT2D eigenvalue weighted by Gasteiger charge is -2.54. The van der Waals surface area contributed by atoms with Gasteiger partial charge in [-0.1, -0.05) is 184 Å². The molecule has 1 aromatic heterocycles. The summed E-state index contributed by atoms with van der Waals surface area (Å²) in [6.45, 7) is 32.2. The Morgan fingerprint density at radius 2 is 1.46 bits per heavy atom. The van der Waals surface area contributed by atoms with Crippen LogP contribution in [0.25, 0.3) is 22.7 Å². The van der Waals surface area contributed by atoms with Gasteiger partial charge in [0.05, 0.1) is 11.6 Å². The van der Waals surface area contributed by atoms with Crippen LogP contribution >= 0.6 is 0 Å². The fraction of sp³-hybridized carbons (Fsp3) is 0.467. The van der Waals surface area contributed by atoms with Gasteiger partial charge in [-0.3, -0.25) is 0 Å². The van der Waals surface area contributed by atoms with Crippen molar-refractivity contribution >= 4 is 29.4 Å². The lowest BCUT2D eigenvalue weighted by atomic mass is 9.26. The van der Waals surface area contributed by atoms with Crippen molar-refractivity contribution in [2.75, 3.05) is 0 Å². The van der Waals surface area contributed by atoms with Gasteiger partial charge >= 0.3 is 0 Å². The van der Waals surface area contributed by atoms with Crippen molar-refractivity contribution in [2.24, 2.45) is 28.1 Å². The molecule has 0 fully saturated rings. The van der Waals surface area contributed by atoms with Gasteiger partial charge < -0.3 is 9.47 Å². The smallest absolute Gasteiger partial charge is 0.221 e. The number of nitrogens with zero attached hydrogens (tertiary/aromatic N) is 2. The lowest BCUT2D eigenvalue weighted by molar-refractivity contribution is 0.283. The first kappa shape index (κ1) is 41.2. The van der Waals surface area contributed by atoms with E-state index < -0.39 is 0 Å². The first-order valence-corrected chi connectivity index (χ1v) is 24.6. The van der Waals surface area contributed by atoms with Gasteiger partial charge in [0, 0.05) is 45.1 Å². The predicted molar refractivity (Wildman–Crippen MR) is 269 cm³/mol. The molecule has 2 nitrogen and oxygen atoms in total. The van der Waals surface area contributed by atoms with Crippen molar-refractivity contribution in [1.29, 1.82) is 0 Å².